The summed E-state index contributed by atoms with van der Waals surface area (Å²) >= 11 is 6.09. The van der Waals surface area contributed by atoms with Gasteiger partial charge in [0.25, 0.3) is 5.91 Å². The third-order valence-electron chi connectivity index (χ3n) is 5.91. The lowest BCUT2D eigenvalue weighted by Gasteiger charge is -2.43. The molecule has 0 spiro atoms. The highest BCUT2D eigenvalue weighted by molar-refractivity contribution is 6.30. The van der Waals surface area contributed by atoms with Crippen LogP contribution in [0.5, 0.6) is 5.75 Å². The fraction of sp³-hybridized carbons (Fsp3) is 0.458. The van der Waals surface area contributed by atoms with E-state index >= 15 is 0 Å². The summed E-state index contributed by atoms with van der Waals surface area (Å²) in [7, 11) is 0. The molecule has 1 aromatic heterocycles. The highest BCUT2D eigenvalue weighted by Crippen LogP contribution is 2.27. The summed E-state index contributed by atoms with van der Waals surface area (Å²) in [5.74, 6) is 0.408. The highest BCUT2D eigenvalue weighted by Gasteiger charge is 2.42. The Labute approximate surface area is 198 Å². The van der Waals surface area contributed by atoms with Crippen LogP contribution in [0.2, 0.25) is 5.02 Å². The van der Waals surface area contributed by atoms with Crippen molar-refractivity contribution < 1.29 is 23.8 Å². The molecule has 0 radical (unpaired) electrons. The van der Waals surface area contributed by atoms with Gasteiger partial charge in [-0.05, 0) is 37.3 Å². The molecule has 1 aromatic carbocycles. The number of rotatable bonds is 6. The van der Waals surface area contributed by atoms with E-state index in [1.165, 1.54) is 0 Å². The van der Waals surface area contributed by atoms with Gasteiger partial charge in [0.05, 0.1) is 38.3 Å². The molecule has 1 atom stereocenters. The molecule has 2 aliphatic rings. The molecule has 9 heteroatoms. The van der Waals surface area contributed by atoms with Crippen molar-refractivity contribution in [3.05, 3.63) is 58.9 Å². The van der Waals surface area contributed by atoms with Crippen LogP contribution in [-0.4, -0.2) is 84.8 Å². The van der Waals surface area contributed by atoms with E-state index in [1.807, 2.05) is 6.92 Å². The zero-order valence-corrected chi connectivity index (χ0v) is 19.4. The van der Waals surface area contributed by atoms with Crippen molar-refractivity contribution in [3.63, 3.8) is 0 Å². The first kappa shape index (κ1) is 23.5. The maximum Gasteiger partial charge on any atom is 0.255 e. The molecule has 4 rings (SSSR count). The van der Waals surface area contributed by atoms with Crippen LogP contribution in [0.3, 0.4) is 0 Å². The number of pyridine rings is 1. The number of morpholine rings is 2. The van der Waals surface area contributed by atoms with Crippen molar-refractivity contribution in [2.24, 2.45) is 0 Å². The molecule has 8 nitrogen and oxygen atoms in total. The van der Waals surface area contributed by atoms with E-state index in [0.29, 0.717) is 61.5 Å². The molecule has 2 fully saturated rings. The second-order valence-electron chi connectivity index (χ2n) is 8.31. The predicted molar refractivity (Wildman–Crippen MR) is 123 cm³/mol. The molecule has 0 aliphatic carbocycles. The molecule has 2 amide bonds. The molecular formula is C24H28ClN3O5. The molecule has 2 aromatic rings. The van der Waals surface area contributed by atoms with Crippen LogP contribution in [0.15, 0.2) is 42.6 Å². The van der Waals surface area contributed by atoms with Crippen LogP contribution in [0.1, 0.15) is 22.5 Å². The number of amides is 2. The van der Waals surface area contributed by atoms with Crippen LogP contribution in [-0.2, 0) is 14.3 Å². The van der Waals surface area contributed by atoms with Crippen molar-refractivity contribution in [3.8, 4) is 5.75 Å². The maximum atomic E-state index is 13.3. The lowest BCUT2D eigenvalue weighted by molar-refractivity contribution is -0.155. The summed E-state index contributed by atoms with van der Waals surface area (Å²) in [5.41, 5.74) is 0.226. The van der Waals surface area contributed by atoms with Crippen molar-refractivity contribution in [2.75, 3.05) is 52.6 Å². The Hall–Kier alpha value is -2.68. The third kappa shape index (κ3) is 5.82. The minimum atomic E-state index is -0.984. The van der Waals surface area contributed by atoms with Gasteiger partial charge in [0.2, 0.25) is 5.91 Å². The van der Waals surface area contributed by atoms with Crippen LogP contribution >= 0.6 is 11.6 Å². The number of benzene rings is 1. The zero-order chi connectivity index (χ0) is 23.3. The first-order valence-electron chi connectivity index (χ1n) is 11.0. The number of hydrogen-bond acceptors (Lipinski definition) is 6. The predicted octanol–water partition coefficient (Wildman–Crippen LogP) is 2.58. The third-order valence-corrected chi connectivity index (χ3v) is 6.14. The van der Waals surface area contributed by atoms with E-state index in [1.54, 1.807) is 52.4 Å². The summed E-state index contributed by atoms with van der Waals surface area (Å²) in [4.78, 5) is 34.2. The van der Waals surface area contributed by atoms with Gasteiger partial charge < -0.3 is 24.0 Å². The molecule has 2 aliphatic heterocycles. The maximum absolute atomic E-state index is 13.3. The van der Waals surface area contributed by atoms with Gasteiger partial charge in [0, 0.05) is 36.5 Å². The Morgan fingerprint density at radius 1 is 1.12 bits per heavy atom. The van der Waals surface area contributed by atoms with Crippen LogP contribution in [0.4, 0.5) is 0 Å². The standard InChI is InChI=1S/C24H28ClN3O5/c1-18-21(6-3-7-26-18)23(30)28-10-13-33-24(16-28,15-22(29)27-8-11-31-12-9-27)17-32-20-5-2-4-19(25)14-20/h2-7,14H,8-13,15-17H2,1H3/t24-/m1/s1. The topological polar surface area (TPSA) is 81.2 Å². The summed E-state index contributed by atoms with van der Waals surface area (Å²) in [6.07, 6.45) is 1.76. The van der Waals surface area contributed by atoms with E-state index in [9.17, 15) is 9.59 Å². The number of ether oxygens (including phenoxy) is 3. The number of halogens is 1. The first-order valence-corrected chi connectivity index (χ1v) is 11.4. The Morgan fingerprint density at radius 2 is 1.91 bits per heavy atom. The molecule has 33 heavy (non-hydrogen) atoms. The van der Waals surface area contributed by atoms with Crippen molar-refractivity contribution in [1.29, 1.82) is 0 Å². The van der Waals surface area contributed by atoms with Crippen molar-refractivity contribution in [2.45, 2.75) is 18.9 Å². The van der Waals surface area contributed by atoms with Crippen LogP contribution < -0.4 is 4.74 Å². The minimum Gasteiger partial charge on any atom is -0.490 e. The normalized spacial score (nSPS) is 21.0. The largest absolute Gasteiger partial charge is 0.490 e. The second kappa shape index (κ2) is 10.5. The second-order valence-corrected chi connectivity index (χ2v) is 8.75. The Bertz CT molecular complexity index is 998. The summed E-state index contributed by atoms with van der Waals surface area (Å²) in [6.45, 7) is 5.01. The van der Waals surface area contributed by atoms with Gasteiger partial charge in [-0.1, -0.05) is 17.7 Å². The van der Waals surface area contributed by atoms with Crippen LogP contribution in [0.25, 0.3) is 0 Å². The van der Waals surface area contributed by atoms with Gasteiger partial charge in [-0.15, -0.1) is 0 Å². The zero-order valence-electron chi connectivity index (χ0n) is 18.7. The van der Waals surface area contributed by atoms with Gasteiger partial charge in [0.15, 0.2) is 0 Å². The summed E-state index contributed by atoms with van der Waals surface area (Å²) in [6, 6.07) is 10.6. The molecule has 0 unspecified atom stereocenters. The van der Waals surface area contributed by atoms with E-state index in [4.69, 9.17) is 25.8 Å². The Balaban J connectivity index is 1.54. The molecule has 2 saturated heterocycles. The number of aryl methyl sites for hydroxylation is 1. The molecule has 3 heterocycles. The number of nitrogens with zero attached hydrogens (tertiary/aromatic N) is 3. The van der Waals surface area contributed by atoms with Crippen LogP contribution in [0, 0.1) is 6.92 Å². The highest BCUT2D eigenvalue weighted by atomic mass is 35.5. The fourth-order valence-electron chi connectivity index (χ4n) is 4.12. The molecule has 0 saturated carbocycles. The molecule has 0 N–H and O–H groups in total. The SMILES string of the molecule is Cc1ncccc1C(=O)N1CCO[C@](COc2cccc(Cl)c2)(CC(=O)N2CCOCC2)C1. The average molecular weight is 474 g/mol. The van der Waals surface area contributed by atoms with Gasteiger partial charge >= 0.3 is 0 Å². The number of carbonyl (C=O) groups excluding carboxylic acids is 2. The summed E-state index contributed by atoms with van der Waals surface area (Å²) in [5, 5.41) is 0.555. The quantitative estimate of drug-likeness (QED) is 0.641. The van der Waals surface area contributed by atoms with E-state index < -0.39 is 5.60 Å². The van der Waals surface area contributed by atoms with Gasteiger partial charge in [-0.25, -0.2) is 0 Å². The Morgan fingerprint density at radius 3 is 2.67 bits per heavy atom. The monoisotopic (exact) mass is 473 g/mol. The average Bonchev–Trinajstić information content (AvgIpc) is 2.83. The van der Waals surface area contributed by atoms with Gasteiger partial charge in [-0.2, -0.15) is 0 Å². The minimum absolute atomic E-state index is 0.0418. The number of carbonyl (C=O) groups is 2. The van der Waals surface area contributed by atoms with E-state index in [0.717, 1.165) is 0 Å². The van der Waals surface area contributed by atoms with Gasteiger partial charge in [0.1, 0.15) is 18.0 Å². The smallest absolute Gasteiger partial charge is 0.255 e. The van der Waals surface area contributed by atoms with Gasteiger partial charge in [-0.3, -0.25) is 14.6 Å². The number of hydrogen-bond donors (Lipinski definition) is 0. The Kier molecular flexibility index (Phi) is 7.47. The van der Waals surface area contributed by atoms with E-state index in [-0.39, 0.29) is 31.4 Å². The van der Waals surface area contributed by atoms with Crippen molar-refractivity contribution in [1.82, 2.24) is 14.8 Å². The molecular weight excluding hydrogens is 446 g/mol. The van der Waals surface area contributed by atoms with Crippen molar-refractivity contribution >= 4 is 23.4 Å². The summed E-state index contributed by atoms with van der Waals surface area (Å²) < 4.78 is 17.6. The van der Waals surface area contributed by atoms with E-state index in [2.05, 4.69) is 4.98 Å². The number of aromatic nitrogens is 1. The fourth-order valence-corrected chi connectivity index (χ4v) is 4.30. The molecule has 0 bridgehead atoms. The lowest BCUT2D eigenvalue weighted by atomic mass is 9.96. The first-order chi connectivity index (χ1) is 16.0. The lowest BCUT2D eigenvalue weighted by Crippen LogP contribution is -2.58. The molecule has 176 valence electrons.